The molecule has 1 heterocycles. The van der Waals surface area contributed by atoms with E-state index in [1.54, 1.807) is 6.07 Å². The van der Waals surface area contributed by atoms with Crippen molar-refractivity contribution >= 4 is 0 Å². The smallest absolute Gasteiger partial charge is 0.231 e. The summed E-state index contributed by atoms with van der Waals surface area (Å²) in [5.74, 6) is 2.40. The molecule has 0 spiro atoms. The van der Waals surface area contributed by atoms with E-state index in [0.29, 0.717) is 18.1 Å². The highest BCUT2D eigenvalue weighted by atomic mass is 16.7. The predicted molar refractivity (Wildman–Crippen MR) is 79.4 cm³/mol. The maximum absolute atomic E-state index is 10.2. The topological polar surface area (TPSA) is 47.9 Å². The van der Waals surface area contributed by atoms with Crippen LogP contribution in [0.4, 0.5) is 0 Å². The van der Waals surface area contributed by atoms with Crippen molar-refractivity contribution in [1.82, 2.24) is 0 Å². The number of phenols is 1. The minimum absolute atomic E-state index is 0.0511. The van der Waals surface area contributed by atoms with E-state index in [1.165, 1.54) is 0 Å². The third kappa shape index (κ3) is 2.61. The second-order valence-corrected chi connectivity index (χ2v) is 4.99. The fourth-order valence-electron chi connectivity index (χ4n) is 2.49. The van der Waals surface area contributed by atoms with Crippen molar-refractivity contribution in [2.75, 3.05) is 13.4 Å². The van der Waals surface area contributed by atoms with Gasteiger partial charge in [0.05, 0.1) is 6.61 Å². The van der Waals surface area contributed by atoms with Crippen molar-refractivity contribution in [3.8, 4) is 23.0 Å². The van der Waals surface area contributed by atoms with Crippen LogP contribution in [0.3, 0.4) is 0 Å². The van der Waals surface area contributed by atoms with Crippen LogP contribution >= 0.6 is 0 Å². The maximum atomic E-state index is 10.2. The number of hydrogen-bond acceptors (Lipinski definition) is 4. The third-order valence-corrected chi connectivity index (χ3v) is 3.68. The largest absolute Gasteiger partial charge is 0.508 e. The molecule has 110 valence electrons. The fraction of sp³-hybridized carbons (Fsp3) is 0.294. The van der Waals surface area contributed by atoms with E-state index < -0.39 is 0 Å². The summed E-state index contributed by atoms with van der Waals surface area (Å²) in [6.07, 6.45) is 0. The molecule has 1 aliphatic heterocycles. The molecule has 0 aliphatic carbocycles. The summed E-state index contributed by atoms with van der Waals surface area (Å²) in [5.41, 5.74) is 1.93. The molecule has 0 saturated carbocycles. The van der Waals surface area contributed by atoms with Crippen LogP contribution in [0, 0.1) is 0 Å². The van der Waals surface area contributed by atoms with E-state index in [1.807, 2.05) is 44.2 Å². The van der Waals surface area contributed by atoms with Crippen LogP contribution in [-0.4, -0.2) is 18.5 Å². The number of benzene rings is 2. The molecule has 1 N–H and O–H groups in total. The molecule has 21 heavy (non-hydrogen) atoms. The Bertz CT molecular complexity index is 634. The Hall–Kier alpha value is -2.36. The van der Waals surface area contributed by atoms with Gasteiger partial charge in [-0.05, 0) is 30.7 Å². The normalized spacial score (nSPS) is 14.0. The van der Waals surface area contributed by atoms with Gasteiger partial charge in [-0.3, -0.25) is 0 Å². The monoisotopic (exact) mass is 286 g/mol. The molecule has 2 aromatic carbocycles. The van der Waals surface area contributed by atoms with E-state index in [4.69, 9.17) is 14.2 Å². The summed E-state index contributed by atoms with van der Waals surface area (Å²) in [7, 11) is 0. The van der Waals surface area contributed by atoms with Crippen LogP contribution in [0.25, 0.3) is 0 Å². The Kier molecular flexibility index (Phi) is 3.60. The van der Waals surface area contributed by atoms with Crippen LogP contribution in [0.1, 0.15) is 30.9 Å². The molecule has 0 saturated heterocycles. The number of rotatable bonds is 4. The average Bonchev–Trinajstić information content (AvgIpc) is 2.94. The zero-order valence-electron chi connectivity index (χ0n) is 12.1. The summed E-state index contributed by atoms with van der Waals surface area (Å²) in [6, 6.07) is 11.4. The molecular weight excluding hydrogens is 268 g/mol. The number of aromatic hydroxyl groups is 1. The van der Waals surface area contributed by atoms with Gasteiger partial charge in [0.25, 0.3) is 0 Å². The van der Waals surface area contributed by atoms with Gasteiger partial charge in [-0.15, -0.1) is 0 Å². The van der Waals surface area contributed by atoms with Gasteiger partial charge in [-0.1, -0.05) is 19.1 Å². The second-order valence-electron chi connectivity index (χ2n) is 4.99. The Morgan fingerprint density at radius 3 is 2.48 bits per heavy atom. The van der Waals surface area contributed by atoms with Crippen molar-refractivity contribution in [1.29, 1.82) is 0 Å². The van der Waals surface area contributed by atoms with Crippen molar-refractivity contribution in [2.45, 2.75) is 19.8 Å². The van der Waals surface area contributed by atoms with Crippen LogP contribution < -0.4 is 14.2 Å². The van der Waals surface area contributed by atoms with Gasteiger partial charge in [-0.25, -0.2) is 0 Å². The summed E-state index contributed by atoms with van der Waals surface area (Å²) in [5, 5.41) is 10.2. The molecule has 1 atom stereocenters. The number of hydrogen-bond donors (Lipinski definition) is 1. The molecule has 4 nitrogen and oxygen atoms in total. The number of fused-ring (bicyclic) bond motifs is 1. The lowest BCUT2D eigenvalue weighted by Gasteiger charge is -2.15. The first-order valence-corrected chi connectivity index (χ1v) is 7.04. The molecular formula is C17H18O4. The van der Waals surface area contributed by atoms with E-state index in [9.17, 15) is 5.11 Å². The van der Waals surface area contributed by atoms with Gasteiger partial charge < -0.3 is 19.3 Å². The molecule has 0 radical (unpaired) electrons. The van der Waals surface area contributed by atoms with Crippen LogP contribution in [0.15, 0.2) is 36.4 Å². The van der Waals surface area contributed by atoms with Crippen molar-refractivity contribution in [3.63, 3.8) is 0 Å². The van der Waals surface area contributed by atoms with Crippen LogP contribution in [-0.2, 0) is 0 Å². The van der Waals surface area contributed by atoms with E-state index in [-0.39, 0.29) is 18.5 Å². The standard InChI is InChI=1S/C17H18O4/c1-3-19-13-6-4-12(5-7-13)11(2)14-8-16-17(9-15(14)18)21-10-20-16/h4-9,11,18H,3,10H2,1-2H3. The lowest BCUT2D eigenvalue weighted by Crippen LogP contribution is -1.98. The minimum atomic E-state index is 0.0511. The first-order valence-electron chi connectivity index (χ1n) is 7.04. The molecule has 0 fully saturated rings. The van der Waals surface area contributed by atoms with Gasteiger partial charge >= 0.3 is 0 Å². The van der Waals surface area contributed by atoms with Crippen molar-refractivity contribution in [3.05, 3.63) is 47.5 Å². The molecule has 1 unspecified atom stereocenters. The minimum Gasteiger partial charge on any atom is -0.508 e. The van der Waals surface area contributed by atoms with Crippen LogP contribution in [0.5, 0.6) is 23.0 Å². The SMILES string of the molecule is CCOc1ccc(C(C)c2cc3c(cc2O)OCO3)cc1. The summed E-state index contributed by atoms with van der Waals surface area (Å²) in [6.45, 7) is 4.86. The highest BCUT2D eigenvalue weighted by Crippen LogP contribution is 2.41. The summed E-state index contributed by atoms with van der Waals surface area (Å²) in [4.78, 5) is 0. The molecule has 1 aliphatic rings. The maximum Gasteiger partial charge on any atom is 0.231 e. The molecule has 2 aromatic rings. The van der Waals surface area contributed by atoms with E-state index in [0.717, 1.165) is 16.9 Å². The molecule has 0 aromatic heterocycles. The quantitative estimate of drug-likeness (QED) is 0.931. The van der Waals surface area contributed by atoms with Crippen LogP contribution in [0.2, 0.25) is 0 Å². The second kappa shape index (κ2) is 5.56. The fourth-order valence-corrected chi connectivity index (χ4v) is 2.49. The lowest BCUT2D eigenvalue weighted by atomic mass is 9.92. The van der Waals surface area contributed by atoms with E-state index in [2.05, 4.69) is 0 Å². The highest BCUT2D eigenvalue weighted by molar-refractivity contribution is 5.54. The molecule has 4 heteroatoms. The van der Waals surface area contributed by atoms with Gasteiger partial charge in [0.15, 0.2) is 11.5 Å². The van der Waals surface area contributed by atoms with Gasteiger partial charge in [0.1, 0.15) is 11.5 Å². The Morgan fingerprint density at radius 1 is 1.14 bits per heavy atom. The van der Waals surface area contributed by atoms with Gasteiger partial charge in [0.2, 0.25) is 6.79 Å². The highest BCUT2D eigenvalue weighted by Gasteiger charge is 2.20. The summed E-state index contributed by atoms with van der Waals surface area (Å²) < 4.78 is 16.1. The number of ether oxygens (including phenoxy) is 3. The summed E-state index contributed by atoms with van der Waals surface area (Å²) >= 11 is 0. The molecule has 3 rings (SSSR count). The Balaban J connectivity index is 1.89. The first kappa shape index (κ1) is 13.6. The molecule has 0 bridgehead atoms. The van der Waals surface area contributed by atoms with Crippen molar-refractivity contribution < 1.29 is 19.3 Å². The Morgan fingerprint density at radius 2 is 1.81 bits per heavy atom. The zero-order chi connectivity index (χ0) is 14.8. The van der Waals surface area contributed by atoms with Crippen molar-refractivity contribution in [2.24, 2.45) is 0 Å². The lowest BCUT2D eigenvalue weighted by molar-refractivity contribution is 0.174. The molecule has 0 amide bonds. The number of phenolic OH excluding ortho intramolecular Hbond substituents is 1. The average molecular weight is 286 g/mol. The first-order chi connectivity index (χ1) is 10.2. The van der Waals surface area contributed by atoms with Gasteiger partial charge in [-0.2, -0.15) is 0 Å². The third-order valence-electron chi connectivity index (χ3n) is 3.68. The van der Waals surface area contributed by atoms with Gasteiger partial charge in [0, 0.05) is 17.5 Å². The predicted octanol–water partition coefficient (Wildman–Crippen LogP) is 3.67. The Labute approximate surface area is 123 Å². The van der Waals surface area contributed by atoms with E-state index >= 15 is 0 Å². The zero-order valence-corrected chi connectivity index (χ0v) is 12.1.